The van der Waals surface area contributed by atoms with Gasteiger partial charge in [0.25, 0.3) is 0 Å². The SMILES string of the molecule is O=C(Cc1ccc(Cl)s1)CC1CCCCO1. The average Bonchev–Trinajstić information content (AvgIpc) is 2.65. The van der Waals surface area contributed by atoms with Crippen LogP contribution in [0.4, 0.5) is 0 Å². The zero-order chi connectivity index (χ0) is 11.4. The molecule has 0 N–H and O–H groups in total. The number of carbonyl (C=O) groups is 1. The van der Waals surface area contributed by atoms with Gasteiger partial charge in [0.15, 0.2) is 0 Å². The van der Waals surface area contributed by atoms with Crippen LogP contribution in [0.15, 0.2) is 12.1 Å². The topological polar surface area (TPSA) is 26.3 Å². The second kappa shape index (κ2) is 5.80. The van der Waals surface area contributed by atoms with E-state index in [-0.39, 0.29) is 11.9 Å². The van der Waals surface area contributed by atoms with Gasteiger partial charge in [-0.3, -0.25) is 4.79 Å². The van der Waals surface area contributed by atoms with Crippen molar-refractivity contribution < 1.29 is 9.53 Å². The van der Waals surface area contributed by atoms with E-state index in [1.54, 1.807) is 0 Å². The molecule has 1 aliphatic rings. The highest BCUT2D eigenvalue weighted by Gasteiger charge is 2.18. The van der Waals surface area contributed by atoms with Crippen LogP contribution < -0.4 is 0 Å². The van der Waals surface area contributed by atoms with Gasteiger partial charge in [-0.15, -0.1) is 11.3 Å². The number of halogens is 1. The second-order valence-electron chi connectivity index (χ2n) is 4.11. The third-order valence-corrected chi connectivity index (χ3v) is 3.96. The standard InChI is InChI=1S/C12H15ClO2S/c13-12-5-4-11(16-12)8-9(14)7-10-3-1-2-6-15-10/h4-5,10H,1-3,6-8H2. The minimum absolute atomic E-state index is 0.150. The van der Waals surface area contributed by atoms with E-state index in [9.17, 15) is 4.79 Å². The molecule has 0 bridgehead atoms. The molecule has 0 saturated carbocycles. The lowest BCUT2D eigenvalue weighted by atomic mass is 10.0. The predicted molar refractivity (Wildman–Crippen MR) is 66.2 cm³/mol. The van der Waals surface area contributed by atoms with Gasteiger partial charge in [-0.1, -0.05) is 11.6 Å². The van der Waals surface area contributed by atoms with Crippen LogP contribution in [0, 0.1) is 0 Å². The van der Waals surface area contributed by atoms with Crippen molar-refractivity contribution in [3.8, 4) is 0 Å². The van der Waals surface area contributed by atoms with E-state index in [4.69, 9.17) is 16.3 Å². The normalized spacial score (nSPS) is 20.9. The summed E-state index contributed by atoms with van der Waals surface area (Å²) in [5.41, 5.74) is 0. The maximum absolute atomic E-state index is 11.8. The van der Waals surface area contributed by atoms with Crippen molar-refractivity contribution >= 4 is 28.7 Å². The molecule has 1 aromatic heterocycles. The summed E-state index contributed by atoms with van der Waals surface area (Å²) in [6, 6.07) is 3.76. The van der Waals surface area contributed by atoms with E-state index in [1.807, 2.05) is 12.1 Å². The van der Waals surface area contributed by atoms with E-state index in [1.165, 1.54) is 17.8 Å². The van der Waals surface area contributed by atoms with E-state index in [2.05, 4.69) is 0 Å². The number of Topliss-reactive ketones (excluding diaryl/α,β-unsaturated/α-hetero) is 1. The molecule has 1 saturated heterocycles. The van der Waals surface area contributed by atoms with Crippen molar-refractivity contribution in [1.29, 1.82) is 0 Å². The number of ether oxygens (including phenoxy) is 1. The van der Waals surface area contributed by atoms with Crippen LogP contribution >= 0.6 is 22.9 Å². The second-order valence-corrected chi connectivity index (χ2v) is 5.91. The smallest absolute Gasteiger partial charge is 0.140 e. The van der Waals surface area contributed by atoms with Crippen LogP contribution in [0.2, 0.25) is 4.34 Å². The average molecular weight is 259 g/mol. The zero-order valence-corrected chi connectivity index (χ0v) is 10.6. The molecule has 0 amide bonds. The maximum atomic E-state index is 11.8. The van der Waals surface area contributed by atoms with Gasteiger partial charge in [0, 0.05) is 24.3 Å². The monoisotopic (exact) mass is 258 g/mol. The molecule has 0 radical (unpaired) electrons. The molecule has 0 spiro atoms. The fourth-order valence-electron chi connectivity index (χ4n) is 1.94. The first-order valence-corrected chi connectivity index (χ1v) is 6.81. The van der Waals surface area contributed by atoms with Crippen molar-refractivity contribution in [2.24, 2.45) is 0 Å². The Morgan fingerprint density at radius 2 is 2.38 bits per heavy atom. The molecular weight excluding hydrogens is 244 g/mol. The molecule has 0 aromatic carbocycles. The lowest BCUT2D eigenvalue weighted by molar-refractivity contribution is -0.122. The van der Waals surface area contributed by atoms with Gasteiger partial charge in [-0.05, 0) is 31.4 Å². The molecule has 0 aliphatic carbocycles. The van der Waals surface area contributed by atoms with E-state index in [0.717, 1.165) is 28.7 Å². The first-order chi connectivity index (χ1) is 7.74. The molecule has 1 atom stereocenters. The molecular formula is C12H15ClO2S. The molecule has 2 nitrogen and oxygen atoms in total. The Morgan fingerprint density at radius 1 is 1.50 bits per heavy atom. The Labute approximate surface area is 105 Å². The van der Waals surface area contributed by atoms with Crippen molar-refractivity contribution in [1.82, 2.24) is 0 Å². The Balaban J connectivity index is 1.79. The van der Waals surface area contributed by atoms with Gasteiger partial charge >= 0.3 is 0 Å². The summed E-state index contributed by atoms with van der Waals surface area (Å²) < 4.78 is 6.29. The first kappa shape index (κ1) is 12.1. The Hall–Kier alpha value is -0.380. The van der Waals surface area contributed by atoms with Crippen LogP contribution in [-0.4, -0.2) is 18.5 Å². The highest BCUT2D eigenvalue weighted by Crippen LogP contribution is 2.23. The van der Waals surface area contributed by atoms with E-state index in [0.29, 0.717) is 12.8 Å². The maximum Gasteiger partial charge on any atom is 0.140 e. The van der Waals surface area contributed by atoms with Crippen molar-refractivity contribution in [3.63, 3.8) is 0 Å². The van der Waals surface area contributed by atoms with Gasteiger partial charge in [-0.25, -0.2) is 0 Å². The lowest BCUT2D eigenvalue weighted by Crippen LogP contribution is -2.22. The molecule has 2 rings (SSSR count). The van der Waals surface area contributed by atoms with Crippen LogP contribution in [0.3, 0.4) is 0 Å². The Kier molecular flexibility index (Phi) is 4.38. The molecule has 4 heteroatoms. The van der Waals surface area contributed by atoms with Crippen LogP contribution in [-0.2, 0) is 16.0 Å². The summed E-state index contributed by atoms with van der Waals surface area (Å²) in [6.45, 7) is 0.808. The lowest BCUT2D eigenvalue weighted by Gasteiger charge is -2.21. The largest absolute Gasteiger partial charge is 0.378 e. The number of carbonyl (C=O) groups excluding carboxylic acids is 1. The number of rotatable bonds is 4. The van der Waals surface area contributed by atoms with Crippen molar-refractivity contribution in [3.05, 3.63) is 21.3 Å². The molecule has 2 heterocycles. The highest BCUT2D eigenvalue weighted by molar-refractivity contribution is 7.16. The highest BCUT2D eigenvalue weighted by atomic mass is 35.5. The van der Waals surface area contributed by atoms with Crippen LogP contribution in [0.25, 0.3) is 0 Å². The molecule has 1 unspecified atom stereocenters. The van der Waals surface area contributed by atoms with Crippen molar-refractivity contribution in [2.45, 2.75) is 38.2 Å². The van der Waals surface area contributed by atoms with Gasteiger partial charge in [0.1, 0.15) is 5.78 Å². The summed E-state index contributed by atoms with van der Waals surface area (Å²) in [7, 11) is 0. The quantitative estimate of drug-likeness (QED) is 0.827. The number of hydrogen-bond donors (Lipinski definition) is 0. The fourth-order valence-corrected chi connectivity index (χ4v) is 3.05. The Morgan fingerprint density at radius 3 is 3.00 bits per heavy atom. The fraction of sp³-hybridized carbons (Fsp3) is 0.583. The number of thiophene rings is 1. The summed E-state index contributed by atoms with van der Waals surface area (Å²) in [5, 5.41) is 0. The van der Waals surface area contributed by atoms with Gasteiger partial charge in [0.2, 0.25) is 0 Å². The summed E-state index contributed by atoms with van der Waals surface area (Å²) >= 11 is 7.30. The molecule has 16 heavy (non-hydrogen) atoms. The molecule has 1 aliphatic heterocycles. The number of hydrogen-bond acceptors (Lipinski definition) is 3. The summed E-state index contributed by atoms with van der Waals surface area (Å²) in [5.74, 6) is 0.255. The van der Waals surface area contributed by atoms with Gasteiger partial charge in [0.05, 0.1) is 10.4 Å². The minimum Gasteiger partial charge on any atom is -0.378 e. The third-order valence-electron chi connectivity index (χ3n) is 2.73. The predicted octanol–water partition coefficient (Wildman–Crippen LogP) is 3.47. The van der Waals surface area contributed by atoms with Gasteiger partial charge in [-0.2, -0.15) is 0 Å². The zero-order valence-electron chi connectivity index (χ0n) is 9.08. The van der Waals surface area contributed by atoms with Crippen LogP contribution in [0.5, 0.6) is 0 Å². The summed E-state index contributed by atoms with van der Waals surface area (Å²) in [4.78, 5) is 12.8. The molecule has 1 fully saturated rings. The minimum atomic E-state index is 0.150. The van der Waals surface area contributed by atoms with Crippen LogP contribution in [0.1, 0.15) is 30.6 Å². The first-order valence-electron chi connectivity index (χ1n) is 5.61. The van der Waals surface area contributed by atoms with Crippen molar-refractivity contribution in [2.75, 3.05) is 6.61 Å². The number of ketones is 1. The third kappa shape index (κ3) is 3.58. The Bertz CT molecular complexity index is 356. The summed E-state index contributed by atoms with van der Waals surface area (Å²) in [6.07, 6.45) is 4.54. The van der Waals surface area contributed by atoms with Gasteiger partial charge < -0.3 is 4.74 Å². The van der Waals surface area contributed by atoms with E-state index >= 15 is 0 Å². The van der Waals surface area contributed by atoms with E-state index < -0.39 is 0 Å². The molecule has 88 valence electrons. The molecule has 1 aromatic rings.